The molecule has 0 fully saturated rings. The number of rotatable bonds is 4. The highest BCUT2D eigenvalue weighted by molar-refractivity contribution is 5.88. The van der Waals surface area contributed by atoms with Gasteiger partial charge in [-0.05, 0) is 17.7 Å². The number of hydrogen-bond donors (Lipinski definition) is 3. The molecule has 4 N–H and O–H groups in total. The molecule has 2 unspecified atom stereocenters. The molecule has 0 bridgehead atoms. The Hall–Kier alpha value is -3.00. The number of nitrogens with two attached hydrogens (primary N) is 1. The van der Waals surface area contributed by atoms with E-state index in [2.05, 4.69) is 0 Å². The van der Waals surface area contributed by atoms with E-state index in [0.717, 1.165) is 12.1 Å². The molecular weight excluding hydrogens is 292 g/mol. The molecule has 22 heavy (non-hydrogen) atoms. The van der Waals surface area contributed by atoms with Crippen LogP contribution in [0.4, 0.5) is 0 Å². The van der Waals surface area contributed by atoms with E-state index >= 15 is 0 Å². The number of carboxylic acids is 2. The van der Waals surface area contributed by atoms with Crippen molar-refractivity contribution in [1.29, 1.82) is 0 Å². The summed E-state index contributed by atoms with van der Waals surface area (Å²) >= 11 is 0. The van der Waals surface area contributed by atoms with Gasteiger partial charge in [-0.3, -0.25) is 14.9 Å². The van der Waals surface area contributed by atoms with E-state index in [4.69, 9.17) is 10.8 Å². The van der Waals surface area contributed by atoms with Gasteiger partial charge in [0.25, 0.3) is 5.70 Å². The number of benzene rings is 1. The van der Waals surface area contributed by atoms with Crippen LogP contribution in [-0.2, 0) is 10.3 Å². The Morgan fingerprint density at radius 1 is 1.32 bits per heavy atom. The van der Waals surface area contributed by atoms with Crippen LogP contribution >= 0.6 is 0 Å². The summed E-state index contributed by atoms with van der Waals surface area (Å²) in [6, 6.07) is 5.18. The Morgan fingerprint density at radius 2 is 2.00 bits per heavy atom. The lowest BCUT2D eigenvalue weighted by Crippen LogP contribution is -2.51. The van der Waals surface area contributed by atoms with E-state index in [1.807, 2.05) is 0 Å². The molecule has 0 saturated heterocycles. The van der Waals surface area contributed by atoms with Crippen molar-refractivity contribution in [1.82, 2.24) is 0 Å². The van der Waals surface area contributed by atoms with Crippen LogP contribution in [0, 0.1) is 16.0 Å². The molecular formula is C14H12N2O6. The molecule has 1 aromatic rings. The fourth-order valence-electron chi connectivity index (χ4n) is 2.43. The van der Waals surface area contributed by atoms with E-state index in [-0.39, 0.29) is 11.1 Å². The van der Waals surface area contributed by atoms with Crippen molar-refractivity contribution in [3.05, 3.63) is 69.4 Å². The summed E-state index contributed by atoms with van der Waals surface area (Å²) in [6.45, 7) is 0. The molecule has 0 aliphatic heterocycles. The van der Waals surface area contributed by atoms with Crippen molar-refractivity contribution in [3.63, 3.8) is 0 Å². The average molecular weight is 304 g/mol. The van der Waals surface area contributed by atoms with Gasteiger partial charge in [0.05, 0.1) is 10.5 Å². The largest absolute Gasteiger partial charge is 0.481 e. The van der Waals surface area contributed by atoms with E-state index < -0.39 is 34.0 Å². The fraction of sp³-hybridized carbons (Fsp3) is 0.143. The number of carbonyl (C=O) groups is 2. The van der Waals surface area contributed by atoms with Gasteiger partial charge in [-0.15, -0.1) is 0 Å². The first-order valence-corrected chi connectivity index (χ1v) is 6.17. The van der Waals surface area contributed by atoms with Gasteiger partial charge in [0.1, 0.15) is 11.5 Å². The molecule has 0 amide bonds. The third-order valence-electron chi connectivity index (χ3n) is 3.52. The normalized spacial score (nSPS) is 23.7. The first kappa shape index (κ1) is 15.4. The minimum Gasteiger partial charge on any atom is -0.481 e. The van der Waals surface area contributed by atoms with Crippen molar-refractivity contribution < 1.29 is 24.7 Å². The molecule has 2 rings (SSSR count). The summed E-state index contributed by atoms with van der Waals surface area (Å²) < 4.78 is 0. The zero-order chi connectivity index (χ0) is 16.5. The van der Waals surface area contributed by atoms with Gasteiger partial charge in [-0.1, -0.05) is 24.3 Å². The van der Waals surface area contributed by atoms with Crippen LogP contribution in [0.5, 0.6) is 0 Å². The van der Waals surface area contributed by atoms with Crippen molar-refractivity contribution in [2.45, 2.75) is 5.54 Å². The van der Waals surface area contributed by atoms with Crippen LogP contribution < -0.4 is 5.73 Å². The molecule has 1 aliphatic carbocycles. The van der Waals surface area contributed by atoms with Gasteiger partial charge in [-0.25, -0.2) is 4.79 Å². The molecule has 2 atom stereocenters. The number of hydrogen-bond acceptors (Lipinski definition) is 5. The van der Waals surface area contributed by atoms with Gasteiger partial charge in [-0.2, -0.15) is 0 Å². The SMILES string of the molecule is NC1(c2cccc(C(=O)O)c2)C([N+](=O)[O-])=CC=CC1C(=O)O. The van der Waals surface area contributed by atoms with Gasteiger partial charge in [0.15, 0.2) is 0 Å². The van der Waals surface area contributed by atoms with Crippen molar-refractivity contribution >= 4 is 11.9 Å². The third-order valence-corrected chi connectivity index (χ3v) is 3.52. The monoisotopic (exact) mass is 304 g/mol. The summed E-state index contributed by atoms with van der Waals surface area (Å²) in [5.74, 6) is -3.97. The highest BCUT2D eigenvalue weighted by atomic mass is 16.6. The molecule has 1 aliphatic rings. The number of nitrogens with zero attached hydrogens (tertiary/aromatic N) is 1. The number of carboxylic acid groups (broad SMARTS) is 2. The highest BCUT2D eigenvalue weighted by Crippen LogP contribution is 2.38. The maximum atomic E-state index is 11.4. The Balaban J connectivity index is 2.69. The summed E-state index contributed by atoms with van der Waals surface area (Å²) in [7, 11) is 0. The molecule has 0 saturated carbocycles. The second-order valence-electron chi connectivity index (χ2n) is 4.76. The zero-order valence-corrected chi connectivity index (χ0v) is 11.2. The predicted octanol–water partition coefficient (Wildman–Crippen LogP) is 0.970. The Labute approximate surface area is 124 Å². The fourth-order valence-corrected chi connectivity index (χ4v) is 2.43. The summed E-state index contributed by atoms with van der Waals surface area (Å²) in [6.07, 6.45) is 3.61. The van der Waals surface area contributed by atoms with Crippen LogP contribution in [0.1, 0.15) is 15.9 Å². The molecule has 0 spiro atoms. The van der Waals surface area contributed by atoms with E-state index in [1.54, 1.807) is 0 Å². The first-order chi connectivity index (χ1) is 10.3. The van der Waals surface area contributed by atoms with Crippen LogP contribution in [0.25, 0.3) is 0 Å². The maximum Gasteiger partial charge on any atom is 0.335 e. The molecule has 8 nitrogen and oxygen atoms in total. The minimum absolute atomic E-state index is 0.0482. The number of aromatic carboxylic acids is 1. The Morgan fingerprint density at radius 3 is 2.55 bits per heavy atom. The Kier molecular flexibility index (Phi) is 3.79. The number of nitro groups is 1. The second kappa shape index (κ2) is 5.41. The average Bonchev–Trinajstić information content (AvgIpc) is 2.46. The topological polar surface area (TPSA) is 144 Å². The molecule has 0 heterocycles. The molecule has 114 valence electrons. The molecule has 1 aromatic carbocycles. The number of allylic oxidation sites excluding steroid dienone is 2. The summed E-state index contributed by atoms with van der Waals surface area (Å²) in [4.78, 5) is 33.0. The third kappa shape index (κ3) is 2.35. The van der Waals surface area contributed by atoms with Gasteiger partial charge in [0.2, 0.25) is 0 Å². The summed E-state index contributed by atoms with van der Waals surface area (Å²) in [5, 5.41) is 29.6. The van der Waals surface area contributed by atoms with Crippen molar-refractivity contribution in [3.8, 4) is 0 Å². The molecule has 8 heteroatoms. The van der Waals surface area contributed by atoms with Gasteiger partial charge >= 0.3 is 11.9 Å². The lowest BCUT2D eigenvalue weighted by Gasteiger charge is -2.33. The first-order valence-electron chi connectivity index (χ1n) is 6.17. The van der Waals surface area contributed by atoms with Crippen LogP contribution in [0.3, 0.4) is 0 Å². The van der Waals surface area contributed by atoms with Crippen LogP contribution in [0.2, 0.25) is 0 Å². The predicted molar refractivity (Wildman–Crippen MR) is 74.6 cm³/mol. The van der Waals surface area contributed by atoms with E-state index in [1.165, 1.54) is 30.4 Å². The standard InChI is InChI=1S/C14H12N2O6/c15-14(9-4-1-3-8(7-9)12(17)18)10(13(19)20)5-2-6-11(14)16(21)22/h1-7,10H,15H2,(H,17,18)(H,19,20). The highest BCUT2D eigenvalue weighted by Gasteiger charge is 2.51. The van der Waals surface area contributed by atoms with Crippen LogP contribution in [0.15, 0.2) is 48.2 Å². The van der Waals surface area contributed by atoms with Crippen molar-refractivity contribution in [2.24, 2.45) is 11.7 Å². The van der Waals surface area contributed by atoms with Gasteiger partial charge in [0, 0.05) is 6.08 Å². The van der Waals surface area contributed by atoms with E-state index in [9.17, 15) is 24.8 Å². The molecule has 0 aromatic heterocycles. The summed E-state index contributed by atoms with van der Waals surface area (Å²) in [5.41, 5.74) is 3.55. The lowest BCUT2D eigenvalue weighted by molar-refractivity contribution is -0.437. The second-order valence-corrected chi connectivity index (χ2v) is 4.76. The maximum absolute atomic E-state index is 11.4. The lowest BCUT2D eigenvalue weighted by atomic mass is 9.73. The zero-order valence-electron chi connectivity index (χ0n) is 11.2. The smallest absolute Gasteiger partial charge is 0.335 e. The van der Waals surface area contributed by atoms with E-state index in [0.29, 0.717) is 0 Å². The quantitative estimate of drug-likeness (QED) is 0.555. The minimum atomic E-state index is -1.96. The van der Waals surface area contributed by atoms with Crippen LogP contribution in [-0.4, -0.2) is 27.1 Å². The number of aliphatic carboxylic acids is 1. The van der Waals surface area contributed by atoms with Gasteiger partial charge < -0.3 is 15.9 Å². The van der Waals surface area contributed by atoms with Crippen molar-refractivity contribution in [2.75, 3.05) is 0 Å². The molecule has 0 radical (unpaired) electrons. The Bertz CT molecular complexity index is 724.